The lowest BCUT2D eigenvalue weighted by Crippen LogP contribution is -2.40. The van der Waals surface area contributed by atoms with Gasteiger partial charge in [-0.2, -0.15) is 0 Å². The van der Waals surface area contributed by atoms with Crippen LogP contribution in [0.1, 0.15) is 19.3 Å². The average molecular weight is 229 g/mol. The number of aliphatic hydroxyl groups excluding tert-OH is 1. The van der Waals surface area contributed by atoms with Crippen molar-refractivity contribution in [1.29, 1.82) is 0 Å². The van der Waals surface area contributed by atoms with Gasteiger partial charge in [0.05, 0.1) is 6.61 Å². The van der Waals surface area contributed by atoms with Gasteiger partial charge in [0.1, 0.15) is 0 Å². The summed E-state index contributed by atoms with van der Waals surface area (Å²) in [7, 11) is 6.20. The van der Waals surface area contributed by atoms with Crippen molar-refractivity contribution in [2.45, 2.75) is 31.3 Å². The van der Waals surface area contributed by atoms with Crippen molar-refractivity contribution < 1.29 is 5.11 Å². The largest absolute Gasteiger partial charge is 0.395 e. The number of hydrogen-bond acceptors (Lipinski definition) is 4. The van der Waals surface area contributed by atoms with Crippen LogP contribution < -0.4 is 5.32 Å². The molecular weight excluding hydrogens is 202 g/mol. The summed E-state index contributed by atoms with van der Waals surface area (Å²) in [6, 6.07) is 0.965. The average Bonchev–Trinajstić information content (AvgIpc) is 2.66. The molecule has 1 aliphatic rings. The fraction of sp³-hybridized carbons (Fsp3) is 1.00. The second-order valence-electron chi connectivity index (χ2n) is 5.05. The van der Waals surface area contributed by atoms with E-state index in [0.29, 0.717) is 6.04 Å². The molecule has 4 heteroatoms. The molecule has 0 bridgehead atoms. The minimum atomic E-state index is 0.239. The zero-order valence-electron chi connectivity index (χ0n) is 10.9. The Balaban J connectivity index is 2.29. The van der Waals surface area contributed by atoms with E-state index in [1.807, 2.05) is 7.05 Å². The van der Waals surface area contributed by atoms with Gasteiger partial charge in [-0.1, -0.05) is 0 Å². The number of hydrogen-bond donors (Lipinski definition) is 2. The standard InChI is InChI=1S/C12H27N3O/c1-13-11(10-16)6-8-15-7-4-5-12(15)9-14(2)3/h11-13,16H,4-10H2,1-3H3. The minimum absolute atomic E-state index is 0.239. The van der Waals surface area contributed by atoms with Crippen LogP contribution in [-0.4, -0.2) is 74.4 Å². The van der Waals surface area contributed by atoms with Crippen LogP contribution in [0.4, 0.5) is 0 Å². The quantitative estimate of drug-likeness (QED) is 0.644. The monoisotopic (exact) mass is 229 g/mol. The minimum Gasteiger partial charge on any atom is -0.395 e. The van der Waals surface area contributed by atoms with Gasteiger partial charge in [-0.05, 0) is 47.0 Å². The predicted octanol–water partition coefficient (Wildman–Crippen LogP) is -0.0172. The van der Waals surface area contributed by atoms with Gasteiger partial charge < -0.3 is 15.3 Å². The molecule has 1 fully saturated rings. The summed E-state index contributed by atoms with van der Waals surface area (Å²) in [6.07, 6.45) is 3.68. The molecule has 1 rings (SSSR count). The molecule has 0 aromatic rings. The molecule has 0 amide bonds. The second-order valence-corrected chi connectivity index (χ2v) is 5.05. The number of nitrogens with one attached hydrogen (secondary N) is 1. The summed E-state index contributed by atoms with van der Waals surface area (Å²) in [5.41, 5.74) is 0. The van der Waals surface area contributed by atoms with Crippen LogP contribution in [0.25, 0.3) is 0 Å². The van der Waals surface area contributed by atoms with E-state index < -0.39 is 0 Å². The van der Waals surface area contributed by atoms with Crippen LogP contribution in [0.15, 0.2) is 0 Å². The van der Waals surface area contributed by atoms with Crippen molar-refractivity contribution in [2.24, 2.45) is 0 Å². The van der Waals surface area contributed by atoms with Crippen molar-refractivity contribution in [3.05, 3.63) is 0 Å². The van der Waals surface area contributed by atoms with Crippen LogP contribution in [-0.2, 0) is 0 Å². The van der Waals surface area contributed by atoms with Gasteiger partial charge in [0.25, 0.3) is 0 Å². The van der Waals surface area contributed by atoms with E-state index in [1.165, 1.54) is 19.4 Å². The molecule has 0 aliphatic carbocycles. The lowest BCUT2D eigenvalue weighted by atomic mass is 10.2. The van der Waals surface area contributed by atoms with Gasteiger partial charge in [0.2, 0.25) is 0 Å². The second kappa shape index (κ2) is 7.22. The topological polar surface area (TPSA) is 38.7 Å². The van der Waals surface area contributed by atoms with Crippen LogP contribution in [0.2, 0.25) is 0 Å². The first kappa shape index (κ1) is 13.9. The summed E-state index contributed by atoms with van der Waals surface area (Å²) < 4.78 is 0. The molecule has 2 atom stereocenters. The molecule has 1 saturated heterocycles. The van der Waals surface area contributed by atoms with Gasteiger partial charge in [0.15, 0.2) is 0 Å². The molecule has 0 aromatic heterocycles. The van der Waals surface area contributed by atoms with Crippen molar-refractivity contribution in [3.8, 4) is 0 Å². The fourth-order valence-corrected chi connectivity index (χ4v) is 2.47. The van der Waals surface area contributed by atoms with Gasteiger partial charge in [0, 0.05) is 25.2 Å². The van der Waals surface area contributed by atoms with Gasteiger partial charge >= 0.3 is 0 Å². The summed E-state index contributed by atoms with van der Waals surface area (Å²) in [5.74, 6) is 0. The maximum Gasteiger partial charge on any atom is 0.0585 e. The van der Waals surface area contributed by atoms with Gasteiger partial charge in [-0.3, -0.25) is 4.90 Å². The zero-order chi connectivity index (χ0) is 12.0. The Kier molecular flexibility index (Phi) is 6.28. The van der Waals surface area contributed by atoms with Crippen LogP contribution >= 0.6 is 0 Å². The molecule has 96 valence electrons. The van der Waals surface area contributed by atoms with Crippen molar-refractivity contribution in [2.75, 3.05) is 47.4 Å². The summed E-state index contributed by atoms with van der Waals surface area (Å²) >= 11 is 0. The first-order valence-corrected chi connectivity index (χ1v) is 6.34. The third-order valence-corrected chi connectivity index (χ3v) is 3.47. The Morgan fingerprint density at radius 1 is 1.50 bits per heavy atom. The van der Waals surface area contributed by atoms with E-state index in [1.54, 1.807) is 0 Å². The first-order valence-electron chi connectivity index (χ1n) is 6.34. The number of rotatable bonds is 7. The van der Waals surface area contributed by atoms with E-state index in [0.717, 1.165) is 19.5 Å². The third kappa shape index (κ3) is 4.37. The molecule has 0 radical (unpaired) electrons. The Hall–Kier alpha value is -0.160. The Bertz CT molecular complexity index is 183. The van der Waals surface area contributed by atoms with Crippen LogP contribution in [0.5, 0.6) is 0 Å². The molecule has 2 N–H and O–H groups in total. The highest BCUT2D eigenvalue weighted by Gasteiger charge is 2.24. The summed E-state index contributed by atoms with van der Waals surface area (Å²) in [4.78, 5) is 4.84. The molecule has 0 aromatic carbocycles. The molecule has 4 nitrogen and oxygen atoms in total. The van der Waals surface area contributed by atoms with Crippen molar-refractivity contribution in [3.63, 3.8) is 0 Å². The first-order chi connectivity index (χ1) is 7.67. The molecule has 16 heavy (non-hydrogen) atoms. The van der Waals surface area contributed by atoms with Crippen molar-refractivity contribution in [1.82, 2.24) is 15.1 Å². The number of aliphatic hydroxyl groups is 1. The Labute approximate surface area is 99.6 Å². The number of nitrogens with zero attached hydrogens (tertiary/aromatic N) is 2. The zero-order valence-corrected chi connectivity index (χ0v) is 10.9. The van der Waals surface area contributed by atoms with Gasteiger partial charge in [-0.15, -0.1) is 0 Å². The Morgan fingerprint density at radius 2 is 2.25 bits per heavy atom. The van der Waals surface area contributed by atoms with E-state index in [2.05, 4.69) is 29.2 Å². The van der Waals surface area contributed by atoms with Crippen LogP contribution in [0.3, 0.4) is 0 Å². The Morgan fingerprint density at radius 3 is 2.81 bits per heavy atom. The van der Waals surface area contributed by atoms with E-state index in [9.17, 15) is 0 Å². The highest BCUT2D eigenvalue weighted by Crippen LogP contribution is 2.18. The fourth-order valence-electron chi connectivity index (χ4n) is 2.47. The molecule has 2 unspecified atom stereocenters. The predicted molar refractivity (Wildman–Crippen MR) is 67.7 cm³/mol. The SMILES string of the molecule is CNC(CO)CCN1CCCC1CN(C)C. The number of likely N-dealkylation sites (tertiary alicyclic amines) is 1. The maximum absolute atomic E-state index is 9.12. The lowest BCUT2D eigenvalue weighted by molar-refractivity contribution is 0.182. The smallest absolute Gasteiger partial charge is 0.0585 e. The summed E-state index contributed by atoms with van der Waals surface area (Å²) in [5, 5.41) is 12.3. The highest BCUT2D eigenvalue weighted by molar-refractivity contribution is 4.81. The molecular formula is C12H27N3O. The highest BCUT2D eigenvalue weighted by atomic mass is 16.3. The van der Waals surface area contributed by atoms with Crippen molar-refractivity contribution >= 4 is 0 Å². The van der Waals surface area contributed by atoms with E-state index in [4.69, 9.17) is 5.11 Å². The number of likely N-dealkylation sites (N-methyl/N-ethyl adjacent to an activating group) is 2. The lowest BCUT2D eigenvalue weighted by Gasteiger charge is -2.28. The maximum atomic E-state index is 9.12. The van der Waals surface area contributed by atoms with E-state index in [-0.39, 0.29) is 12.6 Å². The molecule has 0 spiro atoms. The molecule has 1 aliphatic heterocycles. The third-order valence-electron chi connectivity index (χ3n) is 3.47. The summed E-state index contributed by atoms with van der Waals surface area (Å²) in [6.45, 7) is 3.72. The van der Waals surface area contributed by atoms with Crippen LogP contribution in [0, 0.1) is 0 Å². The normalized spacial score (nSPS) is 24.2. The van der Waals surface area contributed by atoms with Gasteiger partial charge in [-0.25, -0.2) is 0 Å². The van der Waals surface area contributed by atoms with E-state index >= 15 is 0 Å². The molecule has 0 saturated carbocycles. The molecule has 1 heterocycles.